The fourth-order valence-electron chi connectivity index (χ4n) is 4.13. The number of anilines is 1. The van der Waals surface area contributed by atoms with Gasteiger partial charge in [0.05, 0.1) is 11.8 Å². The highest BCUT2D eigenvalue weighted by Gasteiger charge is 2.47. The molecule has 4 rings (SSSR count). The van der Waals surface area contributed by atoms with E-state index >= 15 is 0 Å². The van der Waals surface area contributed by atoms with Crippen molar-refractivity contribution in [1.29, 1.82) is 0 Å². The zero-order valence-corrected chi connectivity index (χ0v) is 15.0. The number of nitrogens with zero attached hydrogens (tertiary/aromatic N) is 3. The molecule has 2 fully saturated rings. The first kappa shape index (κ1) is 17.7. The van der Waals surface area contributed by atoms with Gasteiger partial charge in [0.25, 0.3) is 0 Å². The number of carbonyl (C=O) groups is 3. The lowest BCUT2D eigenvalue weighted by Crippen LogP contribution is -2.52. The van der Waals surface area contributed by atoms with E-state index in [0.717, 1.165) is 10.6 Å². The molecule has 0 aromatic heterocycles. The van der Waals surface area contributed by atoms with Crippen molar-refractivity contribution in [3.8, 4) is 0 Å². The van der Waals surface area contributed by atoms with Crippen LogP contribution in [0.4, 0.5) is 10.1 Å². The smallest absolute Gasteiger partial charge is 0.242 e. The van der Waals surface area contributed by atoms with Gasteiger partial charge >= 0.3 is 0 Å². The van der Waals surface area contributed by atoms with E-state index in [0.29, 0.717) is 39.0 Å². The van der Waals surface area contributed by atoms with Crippen LogP contribution in [0.2, 0.25) is 0 Å². The first-order valence-electron chi connectivity index (χ1n) is 9.33. The fourth-order valence-corrected chi connectivity index (χ4v) is 4.13. The summed E-state index contributed by atoms with van der Waals surface area (Å²) in [5.41, 5.74) is 0.921. The first-order valence-corrected chi connectivity index (χ1v) is 9.33. The standard InChI is InChI=1S/C20H22FN3O3/c21-14-5-7-15(8-6-14)22-9-11-23(12-10-22)18(25)13-24-19(26)16-3-1-2-4-17(16)20(24)27/h1-2,5-8,16-17H,3-4,9-13H2/t16-,17-/m0/s1. The van der Waals surface area contributed by atoms with E-state index in [1.165, 1.54) is 12.1 Å². The third-order valence-corrected chi connectivity index (χ3v) is 5.72. The monoisotopic (exact) mass is 371 g/mol. The number of piperazine rings is 1. The fraction of sp³-hybridized carbons (Fsp3) is 0.450. The van der Waals surface area contributed by atoms with Gasteiger partial charge in [-0.2, -0.15) is 0 Å². The molecule has 2 atom stereocenters. The van der Waals surface area contributed by atoms with Crippen molar-refractivity contribution in [3.63, 3.8) is 0 Å². The number of carbonyl (C=O) groups excluding carboxylic acids is 3. The average Bonchev–Trinajstić information content (AvgIpc) is 2.94. The van der Waals surface area contributed by atoms with Crippen LogP contribution in [0.25, 0.3) is 0 Å². The van der Waals surface area contributed by atoms with Crippen LogP contribution >= 0.6 is 0 Å². The number of allylic oxidation sites excluding steroid dienone is 2. The Morgan fingerprint density at radius 1 is 0.926 bits per heavy atom. The molecule has 142 valence electrons. The van der Waals surface area contributed by atoms with Crippen LogP contribution in [-0.2, 0) is 14.4 Å². The van der Waals surface area contributed by atoms with Crippen molar-refractivity contribution in [2.24, 2.45) is 11.8 Å². The van der Waals surface area contributed by atoms with Crippen molar-refractivity contribution in [2.45, 2.75) is 12.8 Å². The third kappa shape index (κ3) is 3.34. The minimum absolute atomic E-state index is 0.165. The Bertz CT molecular complexity index is 758. The number of rotatable bonds is 3. The SMILES string of the molecule is O=C(CN1C(=O)[C@H]2CC=CC[C@@H]2C1=O)N1CCN(c2ccc(F)cc2)CC1. The summed E-state index contributed by atoms with van der Waals surface area (Å²) in [7, 11) is 0. The summed E-state index contributed by atoms with van der Waals surface area (Å²) in [5, 5.41) is 0. The molecule has 0 spiro atoms. The van der Waals surface area contributed by atoms with Crippen LogP contribution in [0.15, 0.2) is 36.4 Å². The summed E-state index contributed by atoms with van der Waals surface area (Å²) < 4.78 is 13.1. The molecule has 2 aliphatic heterocycles. The van der Waals surface area contributed by atoms with Crippen molar-refractivity contribution >= 4 is 23.4 Å². The predicted molar refractivity (Wildman–Crippen MR) is 97.3 cm³/mol. The van der Waals surface area contributed by atoms with E-state index < -0.39 is 0 Å². The van der Waals surface area contributed by atoms with Gasteiger partial charge in [-0.1, -0.05) is 12.2 Å². The molecule has 6 nitrogen and oxygen atoms in total. The van der Waals surface area contributed by atoms with Gasteiger partial charge in [0.1, 0.15) is 12.4 Å². The number of likely N-dealkylation sites (tertiary alicyclic amines) is 1. The Morgan fingerprint density at radius 2 is 1.48 bits per heavy atom. The quantitative estimate of drug-likeness (QED) is 0.596. The Labute approximate surface area is 157 Å². The number of benzene rings is 1. The highest BCUT2D eigenvalue weighted by atomic mass is 19.1. The van der Waals surface area contributed by atoms with E-state index in [2.05, 4.69) is 4.90 Å². The Hall–Kier alpha value is -2.70. The van der Waals surface area contributed by atoms with Gasteiger partial charge in [-0.15, -0.1) is 0 Å². The molecule has 1 aromatic rings. The lowest BCUT2D eigenvalue weighted by atomic mass is 9.85. The van der Waals surface area contributed by atoms with Gasteiger partial charge in [-0.05, 0) is 37.1 Å². The summed E-state index contributed by atoms with van der Waals surface area (Å²) in [6.07, 6.45) is 5.03. The maximum atomic E-state index is 13.1. The van der Waals surface area contributed by atoms with Crippen molar-refractivity contribution in [1.82, 2.24) is 9.80 Å². The minimum Gasteiger partial charge on any atom is -0.368 e. The van der Waals surface area contributed by atoms with Crippen LogP contribution in [-0.4, -0.2) is 60.2 Å². The van der Waals surface area contributed by atoms with Crippen molar-refractivity contribution in [2.75, 3.05) is 37.6 Å². The predicted octanol–water partition coefficient (Wildman–Crippen LogP) is 1.43. The molecule has 0 saturated carbocycles. The van der Waals surface area contributed by atoms with E-state index in [1.54, 1.807) is 17.0 Å². The molecule has 0 N–H and O–H groups in total. The molecule has 2 saturated heterocycles. The van der Waals surface area contributed by atoms with Crippen LogP contribution in [0.5, 0.6) is 0 Å². The lowest BCUT2D eigenvalue weighted by molar-refractivity contribution is -0.146. The molecule has 1 aromatic carbocycles. The maximum absolute atomic E-state index is 13.1. The van der Waals surface area contributed by atoms with E-state index in [4.69, 9.17) is 0 Å². The number of amides is 3. The summed E-state index contributed by atoms with van der Waals surface area (Å²) in [5.74, 6) is -1.50. The zero-order valence-electron chi connectivity index (χ0n) is 15.0. The summed E-state index contributed by atoms with van der Waals surface area (Å²) >= 11 is 0. The Morgan fingerprint density at radius 3 is 2.04 bits per heavy atom. The van der Waals surface area contributed by atoms with Gasteiger partial charge in [-0.3, -0.25) is 19.3 Å². The van der Waals surface area contributed by atoms with Crippen LogP contribution < -0.4 is 4.90 Å². The van der Waals surface area contributed by atoms with Gasteiger partial charge in [-0.25, -0.2) is 4.39 Å². The zero-order chi connectivity index (χ0) is 19.0. The van der Waals surface area contributed by atoms with Gasteiger partial charge in [0.2, 0.25) is 17.7 Å². The van der Waals surface area contributed by atoms with Gasteiger partial charge in [0.15, 0.2) is 0 Å². The van der Waals surface area contributed by atoms with E-state index in [9.17, 15) is 18.8 Å². The molecular weight excluding hydrogens is 349 g/mol. The van der Waals surface area contributed by atoms with Crippen LogP contribution in [0.1, 0.15) is 12.8 Å². The van der Waals surface area contributed by atoms with Crippen molar-refractivity contribution in [3.05, 3.63) is 42.2 Å². The summed E-state index contributed by atoms with van der Waals surface area (Å²) in [6.45, 7) is 2.13. The molecule has 27 heavy (non-hydrogen) atoms. The molecular formula is C20H22FN3O3. The second kappa shape index (κ2) is 7.13. The van der Waals surface area contributed by atoms with Crippen LogP contribution in [0.3, 0.4) is 0 Å². The first-order chi connectivity index (χ1) is 13.0. The number of imide groups is 1. The van der Waals surface area contributed by atoms with Crippen LogP contribution in [0, 0.1) is 17.7 Å². The molecule has 1 aliphatic carbocycles. The number of fused-ring (bicyclic) bond motifs is 1. The maximum Gasteiger partial charge on any atom is 0.242 e. The molecule has 3 aliphatic rings. The minimum atomic E-state index is -0.300. The molecule has 3 amide bonds. The van der Waals surface area contributed by atoms with Crippen molar-refractivity contribution < 1.29 is 18.8 Å². The van der Waals surface area contributed by atoms with Gasteiger partial charge in [0, 0.05) is 31.9 Å². The number of hydrogen-bond donors (Lipinski definition) is 0. The Kier molecular flexibility index (Phi) is 4.68. The van der Waals surface area contributed by atoms with E-state index in [-0.39, 0.29) is 41.9 Å². The highest BCUT2D eigenvalue weighted by molar-refractivity contribution is 6.07. The highest BCUT2D eigenvalue weighted by Crippen LogP contribution is 2.34. The Balaban J connectivity index is 1.34. The van der Waals surface area contributed by atoms with E-state index in [1.807, 2.05) is 12.2 Å². The largest absolute Gasteiger partial charge is 0.368 e. The molecule has 0 unspecified atom stereocenters. The number of hydrogen-bond acceptors (Lipinski definition) is 4. The van der Waals surface area contributed by atoms with Gasteiger partial charge < -0.3 is 9.80 Å². The summed E-state index contributed by atoms with van der Waals surface area (Å²) in [6, 6.07) is 6.30. The normalized spacial score (nSPS) is 25.1. The molecule has 0 radical (unpaired) electrons. The molecule has 7 heteroatoms. The topological polar surface area (TPSA) is 60.9 Å². The second-order valence-corrected chi connectivity index (χ2v) is 7.26. The second-order valence-electron chi connectivity index (χ2n) is 7.26. The third-order valence-electron chi connectivity index (χ3n) is 5.72. The molecule has 2 heterocycles. The lowest BCUT2D eigenvalue weighted by Gasteiger charge is -2.36. The molecule has 0 bridgehead atoms. The average molecular weight is 371 g/mol. The summed E-state index contributed by atoms with van der Waals surface area (Å²) in [4.78, 5) is 42.6. The number of halogens is 1.